The van der Waals surface area contributed by atoms with Crippen LogP contribution in [-0.2, 0) is 65.4 Å². The van der Waals surface area contributed by atoms with Crippen molar-refractivity contribution < 1.29 is 80.2 Å². The number of unbranched alkanes of at least 4 members (excludes halogenated alkanes) is 55. The zero-order valence-electron chi connectivity index (χ0n) is 69.0. The van der Waals surface area contributed by atoms with Crippen LogP contribution in [0.2, 0.25) is 0 Å². The lowest BCUT2D eigenvalue weighted by atomic mass is 10.0. The van der Waals surface area contributed by atoms with Crippen LogP contribution in [0.4, 0.5) is 0 Å². The number of ether oxygens (including phenoxy) is 4. The van der Waals surface area contributed by atoms with Crippen LogP contribution in [0, 0.1) is 11.8 Å². The number of aliphatic hydroxyl groups excluding tert-OH is 1. The second kappa shape index (κ2) is 77.4. The van der Waals surface area contributed by atoms with Gasteiger partial charge in [-0.15, -0.1) is 0 Å². The van der Waals surface area contributed by atoms with Crippen LogP contribution in [0.1, 0.15) is 459 Å². The molecule has 0 aliphatic rings. The summed E-state index contributed by atoms with van der Waals surface area (Å²) in [6, 6.07) is 0. The number of carbonyl (C=O) groups is 4. The predicted octanol–water partition coefficient (Wildman–Crippen LogP) is 26.2. The highest BCUT2D eigenvalue weighted by atomic mass is 31.2. The zero-order valence-corrected chi connectivity index (χ0v) is 70.8. The summed E-state index contributed by atoms with van der Waals surface area (Å²) >= 11 is 0. The molecule has 0 aromatic carbocycles. The SMILES string of the molecule is CCCCCCCCCCCCCCCCCCCCCCCCC(=O)O[C@H](COC(=O)CCCCCCCCCCCCCCCCCCC)COP(=O)(O)OC[C@@H](O)COP(=O)(O)OC[C@@H](COC(=O)CCCCCCCCCCCC(C)C)OC(=O)CCCCCCCCCCCCCC(C)C. The van der Waals surface area contributed by atoms with Gasteiger partial charge in [-0.25, -0.2) is 9.13 Å². The lowest BCUT2D eigenvalue weighted by molar-refractivity contribution is -0.161. The largest absolute Gasteiger partial charge is 0.472 e. The molecule has 0 aliphatic heterocycles. The molecule has 105 heavy (non-hydrogen) atoms. The van der Waals surface area contributed by atoms with Gasteiger partial charge >= 0.3 is 39.5 Å². The van der Waals surface area contributed by atoms with Crippen LogP contribution >= 0.6 is 15.6 Å². The van der Waals surface area contributed by atoms with E-state index in [1.54, 1.807) is 0 Å². The maximum absolute atomic E-state index is 13.1. The molecule has 0 aliphatic carbocycles. The molecule has 0 spiro atoms. The molecule has 0 rings (SSSR count). The van der Waals surface area contributed by atoms with Gasteiger partial charge in [-0.3, -0.25) is 37.3 Å². The van der Waals surface area contributed by atoms with Gasteiger partial charge in [-0.05, 0) is 37.5 Å². The molecule has 0 aromatic rings. The van der Waals surface area contributed by atoms with Crippen molar-refractivity contribution in [3.05, 3.63) is 0 Å². The van der Waals surface area contributed by atoms with Gasteiger partial charge in [0.05, 0.1) is 26.4 Å². The van der Waals surface area contributed by atoms with Crippen molar-refractivity contribution in [1.82, 2.24) is 0 Å². The average molecular weight is 1540 g/mol. The summed E-state index contributed by atoms with van der Waals surface area (Å²) < 4.78 is 68.9. The molecule has 0 saturated carbocycles. The monoisotopic (exact) mass is 1540 g/mol. The maximum atomic E-state index is 13.1. The first-order chi connectivity index (χ1) is 50.9. The number of phosphoric acid groups is 2. The van der Waals surface area contributed by atoms with Gasteiger partial charge < -0.3 is 33.8 Å². The number of rotatable bonds is 85. The fourth-order valence-corrected chi connectivity index (χ4v) is 15.0. The Labute approximate surface area is 645 Å². The van der Waals surface area contributed by atoms with Crippen molar-refractivity contribution in [2.45, 2.75) is 477 Å². The molecule has 0 fully saturated rings. The minimum Gasteiger partial charge on any atom is -0.462 e. The van der Waals surface area contributed by atoms with Gasteiger partial charge in [0.1, 0.15) is 19.3 Å². The lowest BCUT2D eigenvalue weighted by Gasteiger charge is -2.21. The second-order valence-corrected chi connectivity index (χ2v) is 34.8. The van der Waals surface area contributed by atoms with Crippen molar-refractivity contribution in [1.29, 1.82) is 0 Å². The summed E-state index contributed by atoms with van der Waals surface area (Å²) in [5.41, 5.74) is 0. The predicted molar refractivity (Wildman–Crippen MR) is 432 cm³/mol. The molecule has 0 heterocycles. The Hall–Kier alpha value is -1.94. The first-order valence-electron chi connectivity index (χ1n) is 44.5. The summed E-state index contributed by atoms with van der Waals surface area (Å²) in [4.78, 5) is 73.2. The van der Waals surface area contributed by atoms with E-state index in [1.165, 1.54) is 276 Å². The van der Waals surface area contributed by atoms with Gasteiger partial charge in [-0.1, -0.05) is 408 Å². The van der Waals surface area contributed by atoms with Crippen molar-refractivity contribution in [2.24, 2.45) is 11.8 Å². The van der Waals surface area contributed by atoms with Crippen LogP contribution in [0.15, 0.2) is 0 Å². The minimum absolute atomic E-state index is 0.106. The van der Waals surface area contributed by atoms with E-state index in [0.29, 0.717) is 25.7 Å². The highest BCUT2D eigenvalue weighted by molar-refractivity contribution is 7.47. The fraction of sp³-hybridized carbons (Fsp3) is 0.953. The third-order valence-electron chi connectivity index (χ3n) is 20.2. The standard InChI is InChI=1S/C86H168O17P2/c1-7-9-11-13-15-17-19-21-23-25-26-27-28-29-31-33-35-39-45-52-58-64-70-85(90)102-81(74-96-83(88)68-62-56-50-44-38-34-32-30-24-22-20-18-16-14-12-10-8-2)76-100-104(92,93)98-72-80(87)73-99-105(94,95)101-77-82(75-97-84(89)69-63-57-51-47-41-43-49-55-61-67-79(5)6)103-86(91)71-65-59-53-46-40-36-37-42-48-54-60-66-78(3)4/h78-82,87H,7-77H2,1-6H3,(H,92,93)(H,94,95)/t80-,81-,82-/m1/s1. The van der Waals surface area contributed by atoms with E-state index in [9.17, 15) is 43.2 Å². The summed E-state index contributed by atoms with van der Waals surface area (Å²) in [6.45, 7) is 9.65. The van der Waals surface area contributed by atoms with Crippen LogP contribution in [0.3, 0.4) is 0 Å². The fourth-order valence-electron chi connectivity index (χ4n) is 13.4. The Bertz CT molecular complexity index is 2010. The number of aliphatic hydroxyl groups is 1. The summed E-state index contributed by atoms with van der Waals surface area (Å²) in [5.74, 6) is -0.594. The third kappa shape index (κ3) is 79.9. The van der Waals surface area contributed by atoms with Crippen LogP contribution < -0.4 is 0 Å². The quantitative estimate of drug-likeness (QED) is 0.0222. The van der Waals surface area contributed by atoms with E-state index in [2.05, 4.69) is 41.5 Å². The first-order valence-corrected chi connectivity index (χ1v) is 47.5. The van der Waals surface area contributed by atoms with Crippen LogP contribution in [0.25, 0.3) is 0 Å². The molecule has 0 bridgehead atoms. The summed E-state index contributed by atoms with van der Waals surface area (Å²) in [6.07, 6.45) is 69.5. The lowest BCUT2D eigenvalue weighted by Crippen LogP contribution is -2.30. The molecular formula is C86H168O17P2. The van der Waals surface area contributed by atoms with Gasteiger partial charge in [0, 0.05) is 25.7 Å². The smallest absolute Gasteiger partial charge is 0.462 e. The Morgan fingerprint density at radius 3 is 0.648 bits per heavy atom. The Kier molecular flexibility index (Phi) is 76.0. The Balaban J connectivity index is 5.23. The van der Waals surface area contributed by atoms with E-state index in [0.717, 1.165) is 102 Å². The molecule has 0 radical (unpaired) electrons. The molecular weight excluding hydrogens is 1370 g/mol. The van der Waals surface area contributed by atoms with Crippen LogP contribution in [-0.4, -0.2) is 96.7 Å². The van der Waals surface area contributed by atoms with E-state index < -0.39 is 97.5 Å². The Morgan fingerprint density at radius 1 is 0.257 bits per heavy atom. The molecule has 0 saturated heterocycles. The maximum Gasteiger partial charge on any atom is 0.472 e. The van der Waals surface area contributed by atoms with E-state index in [4.69, 9.17) is 37.0 Å². The number of hydrogen-bond donors (Lipinski definition) is 3. The summed E-state index contributed by atoms with van der Waals surface area (Å²) in [5, 5.41) is 10.7. The summed E-state index contributed by atoms with van der Waals surface area (Å²) in [7, 11) is -9.93. The topological polar surface area (TPSA) is 237 Å². The van der Waals surface area contributed by atoms with E-state index in [1.807, 2.05) is 0 Å². The normalized spacial score (nSPS) is 13.8. The van der Waals surface area contributed by atoms with Crippen molar-refractivity contribution in [2.75, 3.05) is 39.6 Å². The van der Waals surface area contributed by atoms with Crippen molar-refractivity contribution in [3.8, 4) is 0 Å². The second-order valence-electron chi connectivity index (χ2n) is 31.9. The molecule has 5 atom stereocenters. The van der Waals surface area contributed by atoms with E-state index in [-0.39, 0.29) is 25.7 Å². The molecule has 19 heteroatoms. The number of carbonyl (C=O) groups excluding carboxylic acids is 4. The average Bonchev–Trinajstić information content (AvgIpc) is 0.990. The molecule has 17 nitrogen and oxygen atoms in total. The van der Waals surface area contributed by atoms with Crippen molar-refractivity contribution in [3.63, 3.8) is 0 Å². The number of esters is 4. The third-order valence-corrected chi connectivity index (χ3v) is 22.1. The zero-order chi connectivity index (χ0) is 77.1. The van der Waals surface area contributed by atoms with Crippen molar-refractivity contribution >= 4 is 39.5 Å². The molecule has 3 N–H and O–H groups in total. The van der Waals surface area contributed by atoms with E-state index >= 15 is 0 Å². The molecule has 2 unspecified atom stereocenters. The Morgan fingerprint density at radius 2 is 0.438 bits per heavy atom. The van der Waals surface area contributed by atoms with Gasteiger partial charge in [-0.2, -0.15) is 0 Å². The highest BCUT2D eigenvalue weighted by Gasteiger charge is 2.30. The first kappa shape index (κ1) is 103. The van der Waals surface area contributed by atoms with Gasteiger partial charge in [0.25, 0.3) is 0 Å². The molecule has 0 amide bonds. The van der Waals surface area contributed by atoms with Gasteiger partial charge in [0.15, 0.2) is 12.2 Å². The van der Waals surface area contributed by atoms with Crippen LogP contribution in [0.5, 0.6) is 0 Å². The van der Waals surface area contributed by atoms with Gasteiger partial charge in [0.2, 0.25) is 0 Å². The molecule has 0 aromatic heterocycles. The number of hydrogen-bond acceptors (Lipinski definition) is 15. The number of phosphoric ester groups is 2. The highest BCUT2D eigenvalue weighted by Crippen LogP contribution is 2.45. The molecule has 624 valence electrons. The minimum atomic E-state index is -4.97.